The molecule has 1 aliphatic carbocycles. The molecule has 0 saturated heterocycles. The van der Waals surface area contributed by atoms with Crippen molar-refractivity contribution in [2.75, 3.05) is 19.8 Å². The number of hydrogen-bond donors (Lipinski definition) is 2. The molecule has 19 heavy (non-hydrogen) atoms. The van der Waals surface area contributed by atoms with Gasteiger partial charge in [-0.1, -0.05) is 6.42 Å². The monoisotopic (exact) mass is 288 g/mol. The van der Waals surface area contributed by atoms with Gasteiger partial charge in [-0.15, -0.1) is 0 Å². The number of carbonyl (C=O) groups excluding carboxylic acids is 1. The molecule has 6 heteroatoms. The van der Waals surface area contributed by atoms with Gasteiger partial charge in [-0.05, 0) is 31.9 Å². The fraction of sp³-hybridized carbons (Fsp3) is 0.846. The van der Waals surface area contributed by atoms with Gasteiger partial charge in [0.2, 0.25) is 0 Å². The van der Waals surface area contributed by atoms with Crippen molar-refractivity contribution in [3.8, 4) is 0 Å². The van der Waals surface area contributed by atoms with E-state index in [9.17, 15) is 9.59 Å². The van der Waals surface area contributed by atoms with Crippen LogP contribution < -0.4 is 5.32 Å². The summed E-state index contributed by atoms with van der Waals surface area (Å²) in [6, 6.07) is 0.178. The van der Waals surface area contributed by atoms with E-state index < -0.39 is 5.97 Å². The van der Waals surface area contributed by atoms with Crippen LogP contribution in [0.15, 0.2) is 0 Å². The summed E-state index contributed by atoms with van der Waals surface area (Å²) in [4.78, 5) is 23.9. The van der Waals surface area contributed by atoms with Crippen molar-refractivity contribution in [3.05, 3.63) is 0 Å². The molecule has 0 aliphatic heterocycles. The predicted octanol–water partition coefficient (Wildman–Crippen LogP) is 2.17. The third kappa shape index (κ3) is 6.18. The Labute approximate surface area is 119 Å². The Kier molecular flexibility index (Phi) is 7.05. The lowest BCUT2D eigenvalue weighted by Gasteiger charge is -2.30. The van der Waals surface area contributed by atoms with Crippen molar-refractivity contribution in [3.63, 3.8) is 0 Å². The van der Waals surface area contributed by atoms with Gasteiger partial charge in [-0.25, -0.2) is 4.79 Å². The molecule has 0 heterocycles. The van der Waals surface area contributed by atoms with E-state index in [1.165, 1.54) is 12.8 Å². The quantitative estimate of drug-likeness (QED) is 0.786. The second-order valence-corrected chi connectivity index (χ2v) is 6.23. The van der Waals surface area contributed by atoms with Crippen molar-refractivity contribution >= 4 is 23.8 Å². The molecular weight excluding hydrogens is 264 g/mol. The lowest BCUT2D eigenvalue weighted by Crippen LogP contribution is -2.45. The Balaban J connectivity index is 2.26. The first-order valence-corrected chi connectivity index (χ1v) is 8.08. The summed E-state index contributed by atoms with van der Waals surface area (Å²) in [6.45, 7) is 0.483. The number of carbonyl (C=O) groups is 2. The Morgan fingerprint density at radius 2 is 2.16 bits per heavy atom. The Morgan fingerprint density at radius 3 is 2.79 bits per heavy atom. The summed E-state index contributed by atoms with van der Waals surface area (Å²) in [7, 11) is 1.71. The zero-order chi connectivity index (χ0) is 14.3. The smallest absolute Gasteiger partial charge is 0.317 e. The molecule has 2 amide bonds. The SMILES string of the molecule is CSC1CCCC(NC(=O)N(C)CCCC(=O)O)C1. The highest BCUT2D eigenvalue weighted by atomic mass is 32.2. The van der Waals surface area contributed by atoms with Gasteiger partial charge in [-0.3, -0.25) is 4.79 Å². The van der Waals surface area contributed by atoms with Crippen LogP contribution >= 0.6 is 11.8 Å². The molecule has 2 N–H and O–H groups in total. The highest BCUT2D eigenvalue weighted by Gasteiger charge is 2.23. The molecule has 2 atom stereocenters. The second kappa shape index (κ2) is 8.30. The van der Waals surface area contributed by atoms with Crippen LogP contribution in [0.3, 0.4) is 0 Å². The molecule has 1 saturated carbocycles. The summed E-state index contributed by atoms with van der Waals surface area (Å²) in [5.41, 5.74) is 0. The molecule has 5 nitrogen and oxygen atoms in total. The topological polar surface area (TPSA) is 69.6 Å². The molecule has 1 rings (SSSR count). The van der Waals surface area contributed by atoms with Crippen molar-refractivity contribution in [2.24, 2.45) is 0 Å². The highest BCUT2D eigenvalue weighted by Crippen LogP contribution is 2.26. The zero-order valence-corrected chi connectivity index (χ0v) is 12.5. The number of carboxylic acids is 1. The maximum Gasteiger partial charge on any atom is 0.317 e. The Hall–Kier alpha value is -0.910. The molecule has 0 bridgehead atoms. The molecule has 0 radical (unpaired) electrons. The molecule has 0 spiro atoms. The number of hydrogen-bond acceptors (Lipinski definition) is 3. The van der Waals surface area contributed by atoms with Crippen LogP contribution in [0.4, 0.5) is 4.79 Å². The van der Waals surface area contributed by atoms with E-state index in [0.717, 1.165) is 12.8 Å². The Bertz CT molecular complexity index is 312. The molecular formula is C13H24N2O3S. The van der Waals surface area contributed by atoms with Gasteiger partial charge in [0, 0.05) is 31.3 Å². The Morgan fingerprint density at radius 1 is 1.42 bits per heavy atom. The van der Waals surface area contributed by atoms with E-state index in [-0.39, 0.29) is 18.5 Å². The van der Waals surface area contributed by atoms with Crippen LogP contribution in [0.5, 0.6) is 0 Å². The standard InChI is InChI=1S/C13H24N2O3S/c1-15(8-4-7-12(16)17)13(18)14-10-5-3-6-11(9-10)19-2/h10-11H,3-9H2,1-2H3,(H,14,18)(H,16,17). The second-order valence-electron chi connectivity index (χ2n) is 5.09. The van der Waals surface area contributed by atoms with Crippen molar-refractivity contribution in [1.82, 2.24) is 10.2 Å². The van der Waals surface area contributed by atoms with Gasteiger partial charge >= 0.3 is 12.0 Å². The van der Waals surface area contributed by atoms with Crippen LogP contribution in [0.2, 0.25) is 0 Å². The van der Waals surface area contributed by atoms with E-state index in [2.05, 4.69) is 11.6 Å². The number of nitrogens with one attached hydrogen (secondary N) is 1. The van der Waals surface area contributed by atoms with Gasteiger partial charge < -0.3 is 15.3 Å². The molecule has 1 aliphatic rings. The molecule has 0 aromatic heterocycles. The number of carboxylic acid groups (broad SMARTS) is 1. The lowest BCUT2D eigenvalue weighted by atomic mass is 9.95. The van der Waals surface area contributed by atoms with Crippen molar-refractivity contribution < 1.29 is 14.7 Å². The summed E-state index contributed by atoms with van der Waals surface area (Å²) in [5.74, 6) is -0.816. The van der Waals surface area contributed by atoms with Crippen LogP contribution in [-0.2, 0) is 4.79 Å². The van der Waals surface area contributed by atoms with Crippen LogP contribution in [0.25, 0.3) is 0 Å². The van der Waals surface area contributed by atoms with E-state index in [0.29, 0.717) is 18.2 Å². The number of aliphatic carboxylic acids is 1. The normalized spacial score (nSPS) is 22.8. The van der Waals surface area contributed by atoms with Gasteiger partial charge in [-0.2, -0.15) is 11.8 Å². The summed E-state index contributed by atoms with van der Waals surface area (Å²) >= 11 is 1.87. The average molecular weight is 288 g/mol. The highest BCUT2D eigenvalue weighted by molar-refractivity contribution is 7.99. The minimum absolute atomic E-state index is 0.0860. The largest absolute Gasteiger partial charge is 0.481 e. The molecule has 0 aromatic carbocycles. The minimum Gasteiger partial charge on any atom is -0.481 e. The third-order valence-corrected chi connectivity index (χ3v) is 4.61. The maximum absolute atomic E-state index is 11.9. The number of rotatable bonds is 6. The molecule has 2 unspecified atom stereocenters. The molecule has 1 fully saturated rings. The number of thioether (sulfide) groups is 1. The number of urea groups is 1. The van der Waals surface area contributed by atoms with Crippen LogP contribution in [0.1, 0.15) is 38.5 Å². The maximum atomic E-state index is 11.9. The molecule has 0 aromatic rings. The van der Waals surface area contributed by atoms with Gasteiger partial charge in [0.1, 0.15) is 0 Å². The number of nitrogens with zero attached hydrogens (tertiary/aromatic N) is 1. The molecule has 110 valence electrons. The van der Waals surface area contributed by atoms with Gasteiger partial charge in [0.15, 0.2) is 0 Å². The van der Waals surface area contributed by atoms with E-state index >= 15 is 0 Å². The van der Waals surface area contributed by atoms with E-state index in [1.54, 1.807) is 11.9 Å². The van der Waals surface area contributed by atoms with E-state index in [1.807, 2.05) is 11.8 Å². The summed E-state index contributed by atoms with van der Waals surface area (Å²) in [6.07, 6.45) is 7.21. The summed E-state index contributed by atoms with van der Waals surface area (Å²) in [5, 5.41) is 12.3. The average Bonchev–Trinajstić information content (AvgIpc) is 2.38. The van der Waals surface area contributed by atoms with E-state index in [4.69, 9.17) is 5.11 Å². The zero-order valence-electron chi connectivity index (χ0n) is 11.7. The number of amides is 2. The summed E-state index contributed by atoms with van der Waals surface area (Å²) < 4.78 is 0. The van der Waals surface area contributed by atoms with Gasteiger partial charge in [0.25, 0.3) is 0 Å². The predicted molar refractivity (Wildman–Crippen MR) is 77.6 cm³/mol. The minimum atomic E-state index is -0.816. The lowest BCUT2D eigenvalue weighted by molar-refractivity contribution is -0.137. The van der Waals surface area contributed by atoms with Crippen LogP contribution in [0, 0.1) is 0 Å². The van der Waals surface area contributed by atoms with Crippen LogP contribution in [-0.4, -0.2) is 53.1 Å². The van der Waals surface area contributed by atoms with Gasteiger partial charge in [0.05, 0.1) is 0 Å². The van der Waals surface area contributed by atoms with Crippen molar-refractivity contribution in [2.45, 2.75) is 49.8 Å². The fourth-order valence-electron chi connectivity index (χ4n) is 2.34. The first-order chi connectivity index (χ1) is 9.02. The third-order valence-electron chi connectivity index (χ3n) is 3.52. The fourth-order valence-corrected chi connectivity index (χ4v) is 3.17. The van der Waals surface area contributed by atoms with Crippen molar-refractivity contribution in [1.29, 1.82) is 0 Å². The first kappa shape index (κ1) is 16.1. The first-order valence-electron chi connectivity index (χ1n) is 6.79.